The molecular formula is C53H71N9O15S3. The van der Waals surface area contributed by atoms with Crippen LogP contribution in [-0.4, -0.2) is 149 Å². The molecule has 1 heterocycles. The number of carboxylic acid groups (broad SMARTS) is 1. The maximum Gasteiger partial charge on any atom is 0.446 e. The Balaban J connectivity index is 1.55. The lowest BCUT2D eigenvalue weighted by atomic mass is 9.94. The number of rotatable bonds is 30. The second kappa shape index (κ2) is 30.3. The van der Waals surface area contributed by atoms with Crippen LogP contribution in [0.25, 0.3) is 10.9 Å². The summed E-state index contributed by atoms with van der Waals surface area (Å²) in [4.78, 5) is 125. The van der Waals surface area contributed by atoms with E-state index in [2.05, 4.69) is 46.4 Å². The quantitative estimate of drug-likeness (QED) is 0.0333. The standard InChI is InChI=1S/C53H71N9O15S3/c1-29-21-30(2)36(31(3)22-29)25-40(46(54)66)60-51(71)43(26-45(64)65)61-48(68)39(18-20-79-8)59-50(70)42(24-33-27-55-37-12-10-9-11-35(33)37)57-44(63)28-56-47(67)38(17-19-78-7)58-49(69)41(62-52(72)76-53(4,5)6)23-32-13-15-34(16-14-32)77-80(73,74)75/h9-16,21-22,27,38-43,55H,17-20,23-26,28H2,1-8H3,(H2,54,66)(H,56,67)(H,57,63)(H,58,69)(H,59,70)(H,60,71)(H,61,68)(H,62,72)(H,64,65)(H,73,74,75)/t38-,39-,40-,41-,42-,43-/m0/s1. The molecule has 4 rings (SSSR count). The highest BCUT2D eigenvalue weighted by molar-refractivity contribution is 7.98. The third-order valence-electron chi connectivity index (χ3n) is 12.2. The van der Waals surface area contributed by atoms with Crippen molar-refractivity contribution < 1.29 is 70.1 Å². The second-order valence-corrected chi connectivity index (χ2v) is 22.8. The number of aryl methyl sites for hydroxylation is 3. The Hall–Kier alpha value is -7.36. The van der Waals surface area contributed by atoms with Crippen molar-refractivity contribution in [2.24, 2.45) is 5.73 Å². The highest BCUT2D eigenvalue weighted by atomic mass is 32.3. The molecule has 1 aromatic heterocycles. The average molecular weight is 1170 g/mol. The van der Waals surface area contributed by atoms with Crippen molar-refractivity contribution in [3.63, 3.8) is 0 Å². The summed E-state index contributed by atoms with van der Waals surface area (Å²) >= 11 is 2.68. The first-order chi connectivity index (χ1) is 37.6. The minimum Gasteiger partial charge on any atom is -0.481 e. The van der Waals surface area contributed by atoms with E-state index >= 15 is 0 Å². The van der Waals surface area contributed by atoms with Crippen molar-refractivity contribution >= 4 is 98.2 Å². The Morgan fingerprint density at radius 1 is 0.675 bits per heavy atom. The van der Waals surface area contributed by atoms with Crippen molar-refractivity contribution in [1.29, 1.82) is 0 Å². The minimum atomic E-state index is -4.83. The van der Waals surface area contributed by atoms with Gasteiger partial charge in [0.05, 0.1) is 13.0 Å². The number of H-pyrrole nitrogens is 1. The van der Waals surface area contributed by atoms with E-state index in [1.54, 1.807) is 63.7 Å². The number of alkyl carbamates (subject to hydrolysis) is 1. The number of primary amides is 1. The highest BCUT2D eigenvalue weighted by Gasteiger charge is 2.34. The number of benzene rings is 3. The summed E-state index contributed by atoms with van der Waals surface area (Å²) in [6, 6.07) is 7.71. The fraction of sp³-hybridized carbons (Fsp3) is 0.453. The Labute approximate surface area is 472 Å². The zero-order valence-corrected chi connectivity index (χ0v) is 48.1. The van der Waals surface area contributed by atoms with Crippen LogP contribution in [0.2, 0.25) is 0 Å². The molecule has 0 aliphatic carbocycles. The highest BCUT2D eigenvalue weighted by Crippen LogP contribution is 2.21. The van der Waals surface area contributed by atoms with E-state index in [0.717, 1.165) is 22.3 Å². The van der Waals surface area contributed by atoms with Gasteiger partial charge in [-0.1, -0.05) is 48.0 Å². The number of carbonyl (C=O) groups is 9. The number of carbonyl (C=O) groups excluding carboxylic acids is 8. The number of thioether (sulfide) groups is 2. The van der Waals surface area contributed by atoms with Crippen LogP contribution >= 0.6 is 23.5 Å². The number of amides is 8. The van der Waals surface area contributed by atoms with Gasteiger partial charge in [-0.25, -0.2) is 4.79 Å². The predicted octanol–water partition coefficient (Wildman–Crippen LogP) is 2.20. The molecule has 12 N–H and O–H groups in total. The largest absolute Gasteiger partial charge is 0.481 e. The average Bonchev–Trinajstić information content (AvgIpc) is 3.77. The molecule has 8 amide bonds. The lowest BCUT2D eigenvalue weighted by Crippen LogP contribution is -2.59. The van der Waals surface area contributed by atoms with E-state index in [1.165, 1.54) is 47.8 Å². The molecule has 0 aliphatic heterocycles. The molecule has 0 bridgehead atoms. The van der Waals surface area contributed by atoms with Crippen molar-refractivity contribution in [1.82, 2.24) is 42.2 Å². The fourth-order valence-corrected chi connectivity index (χ4v) is 9.70. The summed E-state index contributed by atoms with van der Waals surface area (Å²) < 4.78 is 41.3. The van der Waals surface area contributed by atoms with Gasteiger partial charge in [-0.15, -0.1) is 0 Å². The summed E-state index contributed by atoms with van der Waals surface area (Å²) in [6.45, 7) is 9.71. The molecule has 436 valence electrons. The van der Waals surface area contributed by atoms with Gasteiger partial charge in [-0.2, -0.15) is 31.9 Å². The van der Waals surface area contributed by atoms with Crippen molar-refractivity contribution in [3.8, 4) is 5.75 Å². The number of aromatic nitrogens is 1. The van der Waals surface area contributed by atoms with Crippen molar-refractivity contribution in [2.45, 2.75) is 122 Å². The molecule has 24 nitrogen and oxygen atoms in total. The Morgan fingerprint density at radius 2 is 1.20 bits per heavy atom. The maximum atomic E-state index is 14.4. The molecule has 3 aromatic carbocycles. The van der Waals surface area contributed by atoms with Gasteiger partial charge in [0.15, 0.2) is 0 Å². The number of para-hydroxylation sites is 1. The number of fused-ring (bicyclic) bond motifs is 1. The number of ether oxygens (including phenoxy) is 1. The summed E-state index contributed by atoms with van der Waals surface area (Å²) in [5, 5.41) is 28.4. The van der Waals surface area contributed by atoms with Crippen LogP contribution < -0.4 is 47.1 Å². The number of hydrogen-bond donors (Lipinski definition) is 11. The summed E-state index contributed by atoms with van der Waals surface area (Å²) in [5.74, 6) is -7.25. The molecule has 0 aliphatic rings. The molecule has 27 heteroatoms. The van der Waals surface area contributed by atoms with Gasteiger partial charge in [0, 0.05) is 36.4 Å². The molecule has 0 spiro atoms. The van der Waals surface area contributed by atoms with Crippen molar-refractivity contribution in [2.75, 3.05) is 30.6 Å². The van der Waals surface area contributed by atoms with Gasteiger partial charge in [0.1, 0.15) is 47.6 Å². The molecular weight excluding hydrogens is 1100 g/mol. The lowest BCUT2D eigenvalue weighted by molar-refractivity contribution is -0.141. The normalized spacial score (nSPS) is 13.7. The number of aromatic amines is 1. The first kappa shape index (κ1) is 65.2. The number of nitrogens with one attached hydrogen (secondary N) is 8. The SMILES string of the molecule is CSCC[C@H](NC(=O)[C@H](Cc1ccc(OS(=O)(=O)O)cc1)NC(=O)OC(C)(C)C)C(=O)NCC(=O)N[C@@H](Cc1c[nH]c2ccccc12)C(=O)N[C@@H](CCSC)C(=O)N[C@@H](CC(=O)O)C(=O)N[C@@H](Cc1c(C)cc(C)cc1C)C(N)=O. The molecule has 80 heavy (non-hydrogen) atoms. The molecule has 0 radical (unpaired) electrons. The summed E-state index contributed by atoms with van der Waals surface area (Å²) in [7, 11) is -4.83. The number of hydrogen-bond acceptors (Lipinski definition) is 15. The van der Waals surface area contributed by atoms with Crippen molar-refractivity contribution in [3.05, 3.63) is 100 Å². The van der Waals surface area contributed by atoms with E-state index in [-0.39, 0.29) is 37.9 Å². The summed E-state index contributed by atoms with van der Waals surface area (Å²) in [6.07, 6.45) is 2.98. The monoisotopic (exact) mass is 1170 g/mol. The van der Waals surface area contributed by atoms with E-state index in [9.17, 15) is 56.7 Å². The fourth-order valence-electron chi connectivity index (χ4n) is 8.40. The zero-order valence-electron chi connectivity index (χ0n) is 45.7. The molecule has 0 saturated heterocycles. The minimum absolute atomic E-state index is 0.0152. The number of nitrogens with two attached hydrogens (primary N) is 1. The van der Waals surface area contributed by atoms with E-state index in [4.69, 9.17) is 15.0 Å². The van der Waals surface area contributed by atoms with Crippen LogP contribution in [0, 0.1) is 20.8 Å². The third kappa shape index (κ3) is 21.7. The van der Waals surface area contributed by atoms with Crippen LogP contribution in [0.15, 0.2) is 66.9 Å². The summed E-state index contributed by atoms with van der Waals surface area (Å²) in [5.41, 5.74) is 9.85. The van der Waals surface area contributed by atoms with E-state index < -0.39 is 119 Å². The van der Waals surface area contributed by atoms with Gasteiger partial charge in [0.2, 0.25) is 41.4 Å². The van der Waals surface area contributed by atoms with Gasteiger partial charge in [-0.3, -0.25) is 42.9 Å². The van der Waals surface area contributed by atoms with Crippen LogP contribution in [0.3, 0.4) is 0 Å². The first-order valence-corrected chi connectivity index (χ1v) is 29.4. The predicted molar refractivity (Wildman–Crippen MR) is 302 cm³/mol. The first-order valence-electron chi connectivity index (χ1n) is 25.2. The molecule has 6 atom stereocenters. The van der Waals surface area contributed by atoms with Crippen LogP contribution in [0.4, 0.5) is 4.79 Å². The van der Waals surface area contributed by atoms with E-state index in [0.29, 0.717) is 33.5 Å². The van der Waals surface area contributed by atoms with Gasteiger partial charge < -0.3 is 62.0 Å². The number of aliphatic carboxylic acids is 1. The molecule has 0 saturated carbocycles. The molecule has 4 aromatic rings. The zero-order chi connectivity index (χ0) is 59.5. The Morgan fingerprint density at radius 3 is 1.75 bits per heavy atom. The Bertz CT molecular complexity index is 2960. The Kier molecular flexibility index (Phi) is 24.7. The third-order valence-corrected chi connectivity index (χ3v) is 13.8. The van der Waals surface area contributed by atoms with Gasteiger partial charge in [0.25, 0.3) is 0 Å². The number of carboxylic acids is 1. The van der Waals surface area contributed by atoms with E-state index in [1.807, 2.05) is 32.9 Å². The maximum absolute atomic E-state index is 14.4. The van der Waals surface area contributed by atoms with Gasteiger partial charge in [-0.05, 0) is 124 Å². The van der Waals surface area contributed by atoms with Crippen LogP contribution in [0.1, 0.15) is 73.4 Å². The van der Waals surface area contributed by atoms with Gasteiger partial charge >= 0.3 is 22.5 Å². The molecule has 0 fully saturated rings. The van der Waals surface area contributed by atoms with Crippen LogP contribution in [0.5, 0.6) is 5.75 Å². The second-order valence-electron chi connectivity index (χ2n) is 19.8. The van der Waals surface area contributed by atoms with Crippen LogP contribution in [-0.2, 0) is 72.8 Å². The smallest absolute Gasteiger partial charge is 0.446 e. The molecule has 0 unspecified atom stereocenters. The lowest BCUT2D eigenvalue weighted by Gasteiger charge is -2.26. The topological polar surface area (TPSA) is 373 Å².